The molecule has 4 bridgehead atoms. The summed E-state index contributed by atoms with van der Waals surface area (Å²) in [6.07, 6.45) is 9.17. The Labute approximate surface area is 149 Å². The third-order valence-electron chi connectivity index (χ3n) is 7.05. The maximum atomic E-state index is 4.76. The summed E-state index contributed by atoms with van der Waals surface area (Å²) in [5.74, 6) is 3.57. The quantitative estimate of drug-likeness (QED) is 0.512. The van der Waals surface area contributed by atoms with E-state index >= 15 is 0 Å². The van der Waals surface area contributed by atoms with Crippen LogP contribution in [0.5, 0.6) is 0 Å². The van der Waals surface area contributed by atoms with Crippen molar-refractivity contribution in [1.82, 2.24) is 4.98 Å². The van der Waals surface area contributed by atoms with Gasteiger partial charge in [-0.05, 0) is 84.4 Å². The van der Waals surface area contributed by atoms with E-state index in [1.165, 1.54) is 48.4 Å². The molecule has 2 aromatic carbocycles. The smallest absolute Gasteiger partial charge is 0.0780 e. The number of fused-ring (bicyclic) bond motifs is 1. The number of nitrogens with zero attached hydrogens (tertiary/aromatic N) is 1. The molecule has 0 N–H and O–H groups in total. The number of pyridine rings is 1. The molecule has 1 heterocycles. The summed E-state index contributed by atoms with van der Waals surface area (Å²) in [6, 6.07) is 18.0. The molecule has 0 radical (unpaired) electrons. The van der Waals surface area contributed by atoms with E-state index in [0.29, 0.717) is 0 Å². The number of benzene rings is 2. The van der Waals surface area contributed by atoms with Crippen LogP contribution in [0.2, 0.25) is 0 Å². The molecule has 3 aromatic rings. The Bertz CT molecular complexity index is 953. The lowest BCUT2D eigenvalue weighted by Gasteiger charge is -2.38. The minimum atomic E-state index is 0.793. The summed E-state index contributed by atoms with van der Waals surface area (Å²) in [6.45, 7) is 0. The van der Waals surface area contributed by atoms with Crippen molar-refractivity contribution in [3.8, 4) is 11.3 Å². The molecule has 1 aromatic heterocycles. The Balaban J connectivity index is 1.54. The summed E-state index contributed by atoms with van der Waals surface area (Å²) >= 11 is 0. The zero-order chi connectivity index (χ0) is 16.4. The topological polar surface area (TPSA) is 12.9 Å². The Morgan fingerprint density at radius 1 is 0.720 bits per heavy atom. The van der Waals surface area contributed by atoms with Crippen LogP contribution in [0, 0.1) is 11.8 Å². The van der Waals surface area contributed by atoms with E-state index in [0.717, 1.165) is 29.4 Å². The second-order valence-corrected chi connectivity index (χ2v) is 8.53. The molecule has 2 atom stereocenters. The fourth-order valence-electron chi connectivity index (χ4n) is 6.16. The zero-order valence-corrected chi connectivity index (χ0v) is 14.5. The number of hydrogen-bond acceptors (Lipinski definition) is 1. The molecule has 2 fully saturated rings. The summed E-state index contributed by atoms with van der Waals surface area (Å²) in [5.41, 5.74) is 5.77. The third kappa shape index (κ3) is 2.11. The molecule has 2 unspecified atom stereocenters. The summed E-state index contributed by atoms with van der Waals surface area (Å²) in [4.78, 5) is 4.76. The van der Waals surface area contributed by atoms with Gasteiger partial charge in [-0.3, -0.25) is 4.98 Å². The lowest BCUT2D eigenvalue weighted by Crippen LogP contribution is -2.25. The Kier molecular flexibility index (Phi) is 2.91. The minimum absolute atomic E-state index is 0.793. The van der Waals surface area contributed by atoms with Gasteiger partial charge in [-0.2, -0.15) is 0 Å². The molecule has 0 amide bonds. The van der Waals surface area contributed by atoms with Crippen LogP contribution in [0.3, 0.4) is 0 Å². The molecule has 0 spiro atoms. The van der Waals surface area contributed by atoms with Crippen LogP contribution in [0.25, 0.3) is 22.0 Å². The van der Waals surface area contributed by atoms with Crippen molar-refractivity contribution >= 4 is 10.8 Å². The van der Waals surface area contributed by atoms with Gasteiger partial charge in [-0.1, -0.05) is 36.4 Å². The monoisotopic (exact) mass is 325 g/mol. The fraction of sp³-hybridized carbons (Fsp3) is 0.375. The summed E-state index contributed by atoms with van der Waals surface area (Å²) < 4.78 is 0. The predicted octanol–water partition coefficient (Wildman–Crippen LogP) is 6.29. The van der Waals surface area contributed by atoms with Crippen molar-refractivity contribution in [2.45, 2.75) is 43.9 Å². The van der Waals surface area contributed by atoms with Gasteiger partial charge >= 0.3 is 0 Å². The highest BCUT2D eigenvalue weighted by Gasteiger charge is 2.41. The molecule has 4 aliphatic carbocycles. The van der Waals surface area contributed by atoms with Gasteiger partial charge in [0.05, 0.1) is 5.69 Å². The molecule has 7 rings (SSSR count). The highest BCUT2D eigenvalue weighted by Crippen LogP contribution is 2.56. The van der Waals surface area contributed by atoms with Crippen molar-refractivity contribution < 1.29 is 0 Å². The molecule has 124 valence electrons. The van der Waals surface area contributed by atoms with Gasteiger partial charge in [0, 0.05) is 17.1 Å². The first kappa shape index (κ1) is 14.1. The standard InChI is InChI=1S/C24H23N/c1-2-4-22-17(3-1)7-8-25-24(22)18-5-6-21-19-10-15-9-16(11-19)13-20(12-15)23(21)14-18/h1-8,14-16,19-20H,9-13H2. The molecule has 1 heteroatoms. The van der Waals surface area contributed by atoms with E-state index in [4.69, 9.17) is 4.98 Å². The van der Waals surface area contributed by atoms with E-state index in [1.807, 2.05) is 6.20 Å². The molecular weight excluding hydrogens is 302 g/mol. The SMILES string of the molecule is c1ccc2c(-c3ccc4c(c3)C3CC5CC(CC4C5)C3)nccc2c1. The van der Waals surface area contributed by atoms with Crippen LogP contribution in [0.4, 0.5) is 0 Å². The van der Waals surface area contributed by atoms with Crippen LogP contribution in [-0.4, -0.2) is 4.98 Å². The average Bonchev–Trinajstić information content (AvgIpc) is 2.82. The van der Waals surface area contributed by atoms with Crippen LogP contribution < -0.4 is 0 Å². The Hall–Kier alpha value is -2.15. The fourth-order valence-corrected chi connectivity index (χ4v) is 6.16. The van der Waals surface area contributed by atoms with Crippen LogP contribution in [-0.2, 0) is 0 Å². The van der Waals surface area contributed by atoms with Gasteiger partial charge < -0.3 is 0 Å². The second kappa shape index (κ2) is 5.17. The molecule has 4 aliphatic rings. The average molecular weight is 325 g/mol. The van der Waals surface area contributed by atoms with Gasteiger partial charge in [0.15, 0.2) is 0 Å². The van der Waals surface area contributed by atoms with E-state index in [1.54, 1.807) is 11.1 Å². The molecule has 25 heavy (non-hydrogen) atoms. The Morgan fingerprint density at radius 3 is 2.32 bits per heavy atom. The molecule has 0 aliphatic heterocycles. The third-order valence-corrected chi connectivity index (χ3v) is 7.05. The van der Waals surface area contributed by atoms with E-state index < -0.39 is 0 Å². The van der Waals surface area contributed by atoms with Gasteiger partial charge in [0.1, 0.15) is 0 Å². The number of aromatic nitrogens is 1. The minimum Gasteiger partial charge on any atom is -0.256 e. The molecule has 2 saturated carbocycles. The summed E-state index contributed by atoms with van der Waals surface area (Å²) in [7, 11) is 0. The van der Waals surface area contributed by atoms with Gasteiger partial charge in [0.25, 0.3) is 0 Å². The maximum absolute atomic E-state index is 4.76. The van der Waals surface area contributed by atoms with E-state index in [-0.39, 0.29) is 0 Å². The lowest BCUT2D eigenvalue weighted by molar-refractivity contribution is 0.166. The van der Waals surface area contributed by atoms with Crippen molar-refractivity contribution in [3.63, 3.8) is 0 Å². The lowest BCUT2D eigenvalue weighted by atomic mass is 9.67. The number of rotatable bonds is 1. The van der Waals surface area contributed by atoms with Crippen molar-refractivity contribution in [1.29, 1.82) is 0 Å². The first-order valence-corrected chi connectivity index (χ1v) is 9.83. The first-order valence-electron chi connectivity index (χ1n) is 9.83. The number of hydrogen-bond donors (Lipinski definition) is 0. The van der Waals surface area contributed by atoms with Gasteiger partial charge in [-0.25, -0.2) is 0 Å². The van der Waals surface area contributed by atoms with E-state index in [9.17, 15) is 0 Å². The Morgan fingerprint density at radius 2 is 1.48 bits per heavy atom. The van der Waals surface area contributed by atoms with Crippen molar-refractivity contribution in [3.05, 3.63) is 65.9 Å². The largest absolute Gasteiger partial charge is 0.256 e. The van der Waals surface area contributed by atoms with Gasteiger partial charge in [-0.15, -0.1) is 0 Å². The van der Waals surface area contributed by atoms with Gasteiger partial charge in [0.2, 0.25) is 0 Å². The summed E-state index contributed by atoms with van der Waals surface area (Å²) in [5, 5.41) is 2.55. The second-order valence-electron chi connectivity index (χ2n) is 8.53. The first-order chi connectivity index (χ1) is 12.3. The molecule has 1 nitrogen and oxygen atoms in total. The van der Waals surface area contributed by atoms with Crippen LogP contribution in [0.1, 0.15) is 55.1 Å². The molecule has 0 saturated heterocycles. The van der Waals surface area contributed by atoms with Crippen molar-refractivity contribution in [2.75, 3.05) is 0 Å². The van der Waals surface area contributed by atoms with Crippen molar-refractivity contribution in [2.24, 2.45) is 11.8 Å². The molecular formula is C24H23N. The highest BCUT2D eigenvalue weighted by molar-refractivity contribution is 5.94. The zero-order valence-electron chi connectivity index (χ0n) is 14.5. The maximum Gasteiger partial charge on any atom is 0.0780 e. The highest BCUT2D eigenvalue weighted by atomic mass is 14.7. The normalized spacial score (nSPS) is 29.6. The van der Waals surface area contributed by atoms with E-state index in [2.05, 4.69) is 48.5 Å². The van der Waals surface area contributed by atoms with Crippen LogP contribution >= 0.6 is 0 Å². The predicted molar refractivity (Wildman–Crippen MR) is 103 cm³/mol. The van der Waals surface area contributed by atoms with Crippen LogP contribution in [0.15, 0.2) is 54.7 Å².